The minimum atomic E-state index is -4.48. The zero-order chi connectivity index (χ0) is 13.1. The minimum Gasteiger partial charge on any atom is -0.351 e. The number of aryl methyl sites for hydroxylation is 1. The topological polar surface area (TPSA) is 53.2 Å². The van der Waals surface area contributed by atoms with Gasteiger partial charge >= 0.3 is 11.9 Å². The van der Waals surface area contributed by atoms with Crippen LogP contribution in [-0.2, 0) is 18.0 Å². The fourth-order valence-corrected chi connectivity index (χ4v) is 1.17. The summed E-state index contributed by atoms with van der Waals surface area (Å²) in [6.45, 7) is -0.219. The van der Waals surface area contributed by atoms with Crippen LogP contribution in [0.25, 0.3) is 0 Å². The molecule has 96 valence electrons. The van der Waals surface area contributed by atoms with Gasteiger partial charge < -0.3 is 9.30 Å². The van der Waals surface area contributed by atoms with E-state index in [0.29, 0.717) is 11.1 Å². The van der Waals surface area contributed by atoms with E-state index in [1.165, 1.54) is 10.8 Å². The molecule has 0 atom stereocenters. The highest BCUT2D eigenvalue weighted by atomic mass is 19.4. The summed E-state index contributed by atoms with van der Waals surface area (Å²) in [5, 5.41) is 0. The Bertz CT molecular complexity index is 489. The van der Waals surface area contributed by atoms with E-state index in [1.807, 2.05) is 0 Å². The van der Waals surface area contributed by atoms with Gasteiger partial charge in [0.2, 0.25) is 0 Å². The van der Waals surface area contributed by atoms with Crippen molar-refractivity contribution in [1.82, 2.24) is 9.13 Å². The monoisotopic (exact) mass is 252 g/mol. The molecular formula is C9H11F3N2O3. The number of nitrogens with zero attached hydrogens (tertiary/aromatic N) is 2. The van der Waals surface area contributed by atoms with E-state index in [2.05, 4.69) is 4.74 Å². The number of rotatable bonds is 4. The van der Waals surface area contributed by atoms with Crippen molar-refractivity contribution in [1.29, 1.82) is 0 Å². The normalized spacial score (nSPS) is 11.8. The SMILES string of the molecule is CCn1ccc(=O)n(COCC(F)(F)F)c1=O. The second kappa shape index (κ2) is 5.17. The van der Waals surface area contributed by atoms with Gasteiger partial charge in [0.25, 0.3) is 5.56 Å². The molecular weight excluding hydrogens is 241 g/mol. The molecule has 0 N–H and O–H groups in total. The first-order chi connectivity index (χ1) is 7.85. The van der Waals surface area contributed by atoms with Crippen LogP contribution in [0, 0.1) is 0 Å². The first kappa shape index (κ1) is 13.5. The van der Waals surface area contributed by atoms with Crippen LogP contribution in [-0.4, -0.2) is 21.9 Å². The van der Waals surface area contributed by atoms with Gasteiger partial charge in [0.15, 0.2) is 0 Å². The van der Waals surface area contributed by atoms with Crippen molar-refractivity contribution in [2.45, 2.75) is 26.4 Å². The van der Waals surface area contributed by atoms with Crippen molar-refractivity contribution >= 4 is 0 Å². The summed E-state index contributed by atoms with van der Waals surface area (Å²) in [6, 6.07) is 1.10. The fraction of sp³-hybridized carbons (Fsp3) is 0.556. The highest BCUT2D eigenvalue weighted by Gasteiger charge is 2.27. The van der Waals surface area contributed by atoms with Crippen LogP contribution in [0.5, 0.6) is 0 Å². The number of alkyl halides is 3. The van der Waals surface area contributed by atoms with E-state index < -0.39 is 30.8 Å². The van der Waals surface area contributed by atoms with E-state index in [-0.39, 0.29) is 0 Å². The molecule has 17 heavy (non-hydrogen) atoms. The lowest BCUT2D eigenvalue weighted by Crippen LogP contribution is -2.39. The maximum Gasteiger partial charge on any atom is 0.411 e. The van der Waals surface area contributed by atoms with Gasteiger partial charge in [0, 0.05) is 18.8 Å². The van der Waals surface area contributed by atoms with E-state index >= 15 is 0 Å². The molecule has 1 aromatic heterocycles. The molecule has 1 rings (SSSR count). The van der Waals surface area contributed by atoms with Gasteiger partial charge in [-0.1, -0.05) is 0 Å². The van der Waals surface area contributed by atoms with Gasteiger partial charge in [-0.25, -0.2) is 9.36 Å². The second-order valence-electron chi connectivity index (χ2n) is 3.24. The van der Waals surface area contributed by atoms with Crippen molar-refractivity contribution in [3.8, 4) is 0 Å². The van der Waals surface area contributed by atoms with Crippen LogP contribution in [0.15, 0.2) is 21.9 Å². The van der Waals surface area contributed by atoms with E-state index in [4.69, 9.17) is 0 Å². The lowest BCUT2D eigenvalue weighted by Gasteiger charge is -2.10. The maximum absolute atomic E-state index is 11.8. The number of hydrogen-bond acceptors (Lipinski definition) is 3. The van der Waals surface area contributed by atoms with Crippen LogP contribution in [0.3, 0.4) is 0 Å². The largest absolute Gasteiger partial charge is 0.411 e. The summed E-state index contributed by atoms with van der Waals surface area (Å²) in [7, 11) is 0. The molecule has 0 radical (unpaired) electrons. The average molecular weight is 252 g/mol. The number of halogens is 3. The van der Waals surface area contributed by atoms with Gasteiger partial charge in [-0.3, -0.25) is 4.79 Å². The van der Waals surface area contributed by atoms with Gasteiger partial charge in [-0.2, -0.15) is 13.2 Å². The summed E-state index contributed by atoms with van der Waals surface area (Å²) < 4.78 is 41.5. The molecule has 0 aliphatic heterocycles. The Labute approximate surface area is 94.0 Å². The standard InChI is InChI=1S/C9H11F3N2O3/c1-2-13-4-3-7(15)14(8(13)16)6-17-5-9(10,11)12/h3-4H,2,5-6H2,1H3. The Morgan fingerprint density at radius 3 is 2.53 bits per heavy atom. The highest BCUT2D eigenvalue weighted by molar-refractivity contribution is 4.85. The van der Waals surface area contributed by atoms with Crippen LogP contribution in [0.2, 0.25) is 0 Å². The predicted molar refractivity (Wildman–Crippen MR) is 52.6 cm³/mol. The van der Waals surface area contributed by atoms with Crippen molar-refractivity contribution in [2.75, 3.05) is 6.61 Å². The number of hydrogen-bond donors (Lipinski definition) is 0. The summed E-state index contributed by atoms with van der Waals surface area (Å²) in [6.07, 6.45) is -3.20. The Kier molecular flexibility index (Phi) is 4.11. The van der Waals surface area contributed by atoms with E-state index in [9.17, 15) is 22.8 Å². The van der Waals surface area contributed by atoms with Crippen LogP contribution in [0.1, 0.15) is 6.92 Å². The third-order valence-electron chi connectivity index (χ3n) is 1.97. The molecule has 0 aliphatic rings. The highest BCUT2D eigenvalue weighted by Crippen LogP contribution is 2.14. The van der Waals surface area contributed by atoms with Crippen LogP contribution in [0.4, 0.5) is 13.2 Å². The summed E-state index contributed by atoms with van der Waals surface area (Å²) >= 11 is 0. The van der Waals surface area contributed by atoms with Gasteiger partial charge in [0.05, 0.1) is 0 Å². The summed E-state index contributed by atoms with van der Waals surface area (Å²) in [4.78, 5) is 22.8. The molecule has 0 spiro atoms. The smallest absolute Gasteiger partial charge is 0.351 e. The minimum absolute atomic E-state index is 0.318. The average Bonchev–Trinajstić information content (AvgIpc) is 2.21. The molecule has 0 bridgehead atoms. The zero-order valence-corrected chi connectivity index (χ0v) is 9.03. The predicted octanol–water partition coefficient (Wildman–Crippen LogP) is 0.566. The number of aromatic nitrogens is 2. The lowest BCUT2D eigenvalue weighted by atomic mass is 10.6. The van der Waals surface area contributed by atoms with Crippen LogP contribution < -0.4 is 11.2 Å². The van der Waals surface area contributed by atoms with E-state index in [1.54, 1.807) is 6.92 Å². The summed E-state index contributed by atoms with van der Waals surface area (Å²) in [5.41, 5.74) is -1.39. The van der Waals surface area contributed by atoms with E-state index in [0.717, 1.165) is 6.07 Å². The Morgan fingerprint density at radius 1 is 1.35 bits per heavy atom. The second-order valence-corrected chi connectivity index (χ2v) is 3.24. The Balaban J connectivity index is 2.84. The third-order valence-corrected chi connectivity index (χ3v) is 1.97. The van der Waals surface area contributed by atoms with Gasteiger partial charge in [-0.15, -0.1) is 0 Å². The molecule has 1 heterocycles. The van der Waals surface area contributed by atoms with Crippen LogP contribution >= 0.6 is 0 Å². The molecule has 0 saturated carbocycles. The Morgan fingerprint density at radius 2 is 2.00 bits per heavy atom. The fourth-order valence-electron chi connectivity index (χ4n) is 1.17. The molecule has 0 unspecified atom stereocenters. The maximum atomic E-state index is 11.8. The molecule has 0 amide bonds. The molecule has 5 nitrogen and oxygen atoms in total. The number of ether oxygens (including phenoxy) is 1. The molecule has 1 aromatic rings. The van der Waals surface area contributed by atoms with Crippen molar-refractivity contribution in [3.05, 3.63) is 33.1 Å². The molecule has 0 aliphatic carbocycles. The lowest BCUT2D eigenvalue weighted by molar-refractivity contribution is -0.182. The third kappa shape index (κ3) is 3.74. The van der Waals surface area contributed by atoms with Crippen molar-refractivity contribution in [3.63, 3.8) is 0 Å². The Hall–Kier alpha value is -1.57. The first-order valence-electron chi connectivity index (χ1n) is 4.80. The quantitative estimate of drug-likeness (QED) is 0.787. The molecule has 0 fully saturated rings. The van der Waals surface area contributed by atoms with Gasteiger partial charge in [0.1, 0.15) is 13.3 Å². The summed E-state index contributed by atoms with van der Waals surface area (Å²) in [5.74, 6) is 0. The molecule has 8 heteroatoms. The van der Waals surface area contributed by atoms with Gasteiger partial charge in [-0.05, 0) is 6.92 Å². The van der Waals surface area contributed by atoms with Crippen molar-refractivity contribution < 1.29 is 17.9 Å². The van der Waals surface area contributed by atoms with Crippen molar-refractivity contribution in [2.24, 2.45) is 0 Å². The molecule has 0 saturated heterocycles. The first-order valence-corrected chi connectivity index (χ1v) is 4.80. The zero-order valence-electron chi connectivity index (χ0n) is 9.03. The molecule has 0 aromatic carbocycles.